The van der Waals surface area contributed by atoms with Crippen molar-refractivity contribution in [3.05, 3.63) is 27.9 Å². The van der Waals surface area contributed by atoms with Crippen molar-refractivity contribution < 1.29 is 5.11 Å². The molecule has 0 radical (unpaired) electrons. The summed E-state index contributed by atoms with van der Waals surface area (Å²) in [5, 5.41) is 14.8. The van der Waals surface area contributed by atoms with E-state index in [-0.39, 0.29) is 12.0 Å². The molecule has 3 rings (SSSR count). The minimum Gasteiger partial charge on any atom is -0.395 e. The number of nitrogens with zero attached hydrogens (tertiary/aromatic N) is 1. The summed E-state index contributed by atoms with van der Waals surface area (Å²) in [5.74, 6) is 0. The molecule has 2 aromatic rings. The van der Waals surface area contributed by atoms with Gasteiger partial charge < -0.3 is 5.11 Å². The number of aromatic nitrogens is 1. The Bertz CT molecular complexity index is 465. The van der Waals surface area contributed by atoms with Gasteiger partial charge in [0.1, 0.15) is 5.01 Å². The summed E-state index contributed by atoms with van der Waals surface area (Å²) >= 11 is 3.41. The van der Waals surface area contributed by atoms with Gasteiger partial charge >= 0.3 is 0 Å². The van der Waals surface area contributed by atoms with E-state index in [9.17, 15) is 5.11 Å². The van der Waals surface area contributed by atoms with Gasteiger partial charge in [-0.1, -0.05) is 12.5 Å². The lowest BCUT2D eigenvalue weighted by atomic mass is 9.70. The molecule has 1 fully saturated rings. The second-order valence-electron chi connectivity index (χ2n) is 4.31. The second-order valence-corrected chi connectivity index (χ2v) is 6.11. The standard InChI is InChI=1S/C12H13NOS2/c14-8-12(4-2-5-12)11-13-9(7-16-11)10-3-1-6-15-10/h1,3,6-7,14H,2,4-5,8H2. The van der Waals surface area contributed by atoms with Crippen LogP contribution in [0.15, 0.2) is 22.9 Å². The molecule has 0 aromatic carbocycles. The highest BCUT2D eigenvalue weighted by molar-refractivity contribution is 7.14. The van der Waals surface area contributed by atoms with E-state index < -0.39 is 0 Å². The van der Waals surface area contributed by atoms with Gasteiger partial charge in [0.15, 0.2) is 0 Å². The SMILES string of the molecule is OCC1(c2nc(-c3cccs3)cs2)CCC1. The Morgan fingerprint density at radius 2 is 2.25 bits per heavy atom. The lowest BCUT2D eigenvalue weighted by molar-refractivity contribution is 0.120. The third-order valence-corrected chi connectivity index (χ3v) is 5.33. The molecule has 2 heterocycles. The van der Waals surface area contributed by atoms with Crippen molar-refractivity contribution >= 4 is 22.7 Å². The van der Waals surface area contributed by atoms with Crippen LogP contribution in [0.5, 0.6) is 0 Å². The van der Waals surface area contributed by atoms with E-state index in [1.165, 1.54) is 11.3 Å². The molecule has 2 aromatic heterocycles. The highest BCUT2D eigenvalue weighted by Crippen LogP contribution is 2.45. The largest absolute Gasteiger partial charge is 0.395 e. The van der Waals surface area contributed by atoms with E-state index in [1.54, 1.807) is 22.7 Å². The molecule has 0 bridgehead atoms. The van der Waals surface area contributed by atoms with Crippen LogP contribution in [0.1, 0.15) is 24.3 Å². The molecule has 1 saturated carbocycles. The average Bonchev–Trinajstić information content (AvgIpc) is 2.86. The topological polar surface area (TPSA) is 33.1 Å². The average molecular weight is 251 g/mol. The van der Waals surface area contributed by atoms with Gasteiger partial charge in [0.25, 0.3) is 0 Å². The number of thiazole rings is 1. The summed E-state index contributed by atoms with van der Waals surface area (Å²) in [4.78, 5) is 5.90. The Morgan fingerprint density at radius 1 is 1.38 bits per heavy atom. The quantitative estimate of drug-likeness (QED) is 0.908. The Kier molecular flexibility index (Phi) is 2.58. The Balaban J connectivity index is 1.93. The Labute approximate surface area is 103 Å². The molecule has 0 spiro atoms. The molecule has 0 atom stereocenters. The van der Waals surface area contributed by atoms with Gasteiger partial charge in [-0.15, -0.1) is 22.7 Å². The fraction of sp³-hybridized carbons (Fsp3) is 0.417. The molecule has 1 aliphatic carbocycles. The molecular weight excluding hydrogens is 238 g/mol. The third-order valence-electron chi connectivity index (χ3n) is 3.34. The van der Waals surface area contributed by atoms with E-state index in [4.69, 9.17) is 0 Å². The first-order valence-electron chi connectivity index (χ1n) is 5.45. The molecule has 1 N–H and O–H groups in total. The Hall–Kier alpha value is -0.710. The van der Waals surface area contributed by atoms with E-state index >= 15 is 0 Å². The zero-order chi connectivity index (χ0) is 11.0. The van der Waals surface area contributed by atoms with Crippen molar-refractivity contribution in [3.8, 4) is 10.6 Å². The summed E-state index contributed by atoms with van der Waals surface area (Å²) in [7, 11) is 0. The molecule has 0 aliphatic heterocycles. The van der Waals surface area contributed by atoms with Crippen molar-refractivity contribution in [3.63, 3.8) is 0 Å². The monoisotopic (exact) mass is 251 g/mol. The second kappa shape index (κ2) is 3.95. The summed E-state index contributed by atoms with van der Waals surface area (Å²) < 4.78 is 0. The molecule has 0 saturated heterocycles. The van der Waals surface area contributed by atoms with Crippen LogP contribution >= 0.6 is 22.7 Å². The maximum atomic E-state index is 9.50. The number of rotatable bonds is 3. The van der Waals surface area contributed by atoms with Crippen LogP contribution in [0.4, 0.5) is 0 Å². The van der Waals surface area contributed by atoms with Gasteiger partial charge in [0.2, 0.25) is 0 Å². The minimum atomic E-state index is -0.0137. The van der Waals surface area contributed by atoms with Gasteiger partial charge in [0, 0.05) is 10.8 Å². The molecule has 0 unspecified atom stereocenters. The first-order chi connectivity index (χ1) is 7.84. The fourth-order valence-electron chi connectivity index (χ4n) is 2.10. The minimum absolute atomic E-state index is 0.0137. The number of aliphatic hydroxyl groups excluding tert-OH is 1. The van der Waals surface area contributed by atoms with Crippen LogP contribution in [0.3, 0.4) is 0 Å². The zero-order valence-electron chi connectivity index (χ0n) is 8.85. The molecular formula is C12H13NOS2. The van der Waals surface area contributed by atoms with Crippen LogP contribution in [0.25, 0.3) is 10.6 Å². The number of hydrogen-bond donors (Lipinski definition) is 1. The summed E-state index contributed by atoms with van der Waals surface area (Å²) in [6.45, 7) is 0.240. The predicted molar refractivity (Wildman–Crippen MR) is 68.0 cm³/mol. The smallest absolute Gasteiger partial charge is 0.102 e. The molecule has 0 amide bonds. The van der Waals surface area contributed by atoms with Crippen LogP contribution in [-0.2, 0) is 5.41 Å². The van der Waals surface area contributed by atoms with Crippen LogP contribution < -0.4 is 0 Å². The molecule has 84 valence electrons. The van der Waals surface area contributed by atoms with Gasteiger partial charge in [-0.2, -0.15) is 0 Å². The lowest BCUT2D eigenvalue weighted by Crippen LogP contribution is -2.37. The molecule has 2 nitrogen and oxygen atoms in total. The Morgan fingerprint density at radius 3 is 2.81 bits per heavy atom. The van der Waals surface area contributed by atoms with Gasteiger partial charge in [0.05, 0.1) is 17.2 Å². The lowest BCUT2D eigenvalue weighted by Gasteiger charge is -2.38. The van der Waals surface area contributed by atoms with Gasteiger partial charge in [-0.3, -0.25) is 0 Å². The molecule has 1 aliphatic rings. The summed E-state index contributed by atoms with van der Waals surface area (Å²) in [6, 6.07) is 4.14. The maximum absolute atomic E-state index is 9.50. The molecule has 16 heavy (non-hydrogen) atoms. The third kappa shape index (κ3) is 1.52. The fourth-order valence-corrected chi connectivity index (χ4v) is 3.93. The zero-order valence-corrected chi connectivity index (χ0v) is 10.5. The first kappa shape index (κ1) is 10.4. The van der Waals surface area contributed by atoms with E-state index in [2.05, 4.69) is 21.8 Å². The number of hydrogen-bond acceptors (Lipinski definition) is 4. The van der Waals surface area contributed by atoms with E-state index in [0.29, 0.717) is 0 Å². The number of aliphatic hydroxyl groups is 1. The summed E-state index contributed by atoms with van der Waals surface area (Å²) in [5.41, 5.74) is 1.05. The van der Waals surface area contributed by atoms with Crippen molar-refractivity contribution in [1.29, 1.82) is 0 Å². The first-order valence-corrected chi connectivity index (χ1v) is 7.21. The van der Waals surface area contributed by atoms with Crippen molar-refractivity contribution in [2.24, 2.45) is 0 Å². The number of thiophene rings is 1. The normalized spacial score (nSPS) is 18.3. The summed E-state index contributed by atoms with van der Waals surface area (Å²) in [6.07, 6.45) is 3.39. The highest BCUT2D eigenvalue weighted by Gasteiger charge is 2.40. The van der Waals surface area contributed by atoms with Crippen molar-refractivity contribution in [2.45, 2.75) is 24.7 Å². The van der Waals surface area contributed by atoms with E-state index in [0.717, 1.165) is 23.5 Å². The van der Waals surface area contributed by atoms with Crippen LogP contribution in [-0.4, -0.2) is 16.7 Å². The van der Waals surface area contributed by atoms with Crippen molar-refractivity contribution in [1.82, 2.24) is 4.98 Å². The highest BCUT2D eigenvalue weighted by atomic mass is 32.1. The van der Waals surface area contributed by atoms with Crippen LogP contribution in [0.2, 0.25) is 0 Å². The molecule has 4 heteroatoms. The predicted octanol–water partition coefficient (Wildman–Crippen LogP) is 3.29. The maximum Gasteiger partial charge on any atom is 0.102 e. The van der Waals surface area contributed by atoms with Crippen LogP contribution in [0, 0.1) is 0 Å². The van der Waals surface area contributed by atoms with Gasteiger partial charge in [-0.05, 0) is 24.3 Å². The van der Waals surface area contributed by atoms with Crippen molar-refractivity contribution in [2.75, 3.05) is 6.61 Å². The van der Waals surface area contributed by atoms with Gasteiger partial charge in [-0.25, -0.2) is 4.98 Å². The van der Waals surface area contributed by atoms with E-state index in [1.807, 2.05) is 6.07 Å².